The van der Waals surface area contributed by atoms with Crippen molar-refractivity contribution in [2.24, 2.45) is 0 Å². The summed E-state index contributed by atoms with van der Waals surface area (Å²) in [6, 6.07) is 23.3. The molecular formula is C32H29NO5. The summed E-state index contributed by atoms with van der Waals surface area (Å²) in [5, 5.41) is 13.5. The largest absolute Gasteiger partial charge is 0.507 e. The van der Waals surface area contributed by atoms with Crippen LogP contribution >= 0.6 is 0 Å². The molecule has 6 heteroatoms. The van der Waals surface area contributed by atoms with Gasteiger partial charge in [0, 0.05) is 11.3 Å². The molecule has 0 aromatic heterocycles. The first kappa shape index (κ1) is 25.1. The third kappa shape index (κ3) is 4.18. The van der Waals surface area contributed by atoms with E-state index in [1.54, 1.807) is 31.4 Å². The first-order valence-electron chi connectivity index (χ1n) is 12.5. The quantitative estimate of drug-likeness (QED) is 0.183. The van der Waals surface area contributed by atoms with Gasteiger partial charge >= 0.3 is 0 Å². The topological polar surface area (TPSA) is 76.1 Å². The number of aliphatic hydroxyl groups excluding tert-OH is 1. The lowest BCUT2D eigenvalue weighted by molar-refractivity contribution is -0.132. The maximum Gasteiger partial charge on any atom is 0.300 e. The Morgan fingerprint density at radius 3 is 2.39 bits per heavy atom. The highest BCUT2D eigenvalue weighted by Crippen LogP contribution is 2.45. The number of amides is 1. The fraction of sp³-hybridized carbons (Fsp3) is 0.188. The van der Waals surface area contributed by atoms with E-state index < -0.39 is 17.7 Å². The molecule has 1 N–H and O–H groups in total. The number of methoxy groups -OCH3 is 1. The van der Waals surface area contributed by atoms with Crippen LogP contribution in [0.2, 0.25) is 0 Å². The molecule has 1 heterocycles. The van der Waals surface area contributed by atoms with E-state index in [1.807, 2.05) is 75.4 Å². The van der Waals surface area contributed by atoms with Crippen molar-refractivity contribution in [3.63, 3.8) is 0 Å². The van der Waals surface area contributed by atoms with Crippen molar-refractivity contribution in [1.29, 1.82) is 0 Å². The average Bonchev–Trinajstić information content (AvgIpc) is 3.19. The molecule has 0 saturated carbocycles. The molecule has 4 aromatic rings. The minimum atomic E-state index is -0.868. The Balaban J connectivity index is 1.77. The maximum absolute atomic E-state index is 13.6. The predicted octanol–water partition coefficient (Wildman–Crippen LogP) is 6.49. The van der Waals surface area contributed by atoms with Gasteiger partial charge in [-0.05, 0) is 72.5 Å². The Bertz CT molecular complexity index is 1600. The predicted molar refractivity (Wildman–Crippen MR) is 149 cm³/mol. The third-order valence-corrected chi connectivity index (χ3v) is 7.11. The van der Waals surface area contributed by atoms with Crippen molar-refractivity contribution in [1.82, 2.24) is 0 Å². The lowest BCUT2D eigenvalue weighted by Crippen LogP contribution is -2.30. The van der Waals surface area contributed by atoms with Crippen LogP contribution in [-0.4, -0.2) is 30.5 Å². The van der Waals surface area contributed by atoms with Gasteiger partial charge in [-0.2, -0.15) is 0 Å². The zero-order valence-corrected chi connectivity index (χ0v) is 21.8. The highest BCUT2D eigenvalue weighted by atomic mass is 16.5. The van der Waals surface area contributed by atoms with Crippen LogP contribution in [0, 0.1) is 13.8 Å². The molecule has 38 heavy (non-hydrogen) atoms. The number of carbonyl (C=O) groups is 2. The molecule has 0 radical (unpaired) electrons. The van der Waals surface area contributed by atoms with Gasteiger partial charge in [0.25, 0.3) is 11.7 Å². The lowest BCUT2D eigenvalue weighted by atomic mass is 9.93. The summed E-state index contributed by atoms with van der Waals surface area (Å²) in [7, 11) is 1.56. The number of rotatable bonds is 6. The summed E-state index contributed by atoms with van der Waals surface area (Å²) in [5.41, 5.74) is 3.59. The highest BCUT2D eigenvalue weighted by molar-refractivity contribution is 6.51. The van der Waals surface area contributed by atoms with Crippen LogP contribution in [-0.2, 0) is 9.59 Å². The van der Waals surface area contributed by atoms with Crippen molar-refractivity contribution < 1.29 is 24.2 Å². The van der Waals surface area contributed by atoms with Gasteiger partial charge in [0.1, 0.15) is 5.76 Å². The number of aliphatic hydroxyl groups is 1. The Hall–Kier alpha value is -4.58. The zero-order chi connectivity index (χ0) is 27.0. The van der Waals surface area contributed by atoms with Crippen molar-refractivity contribution in [3.8, 4) is 11.5 Å². The summed E-state index contributed by atoms with van der Waals surface area (Å²) in [5.74, 6) is -0.630. The lowest BCUT2D eigenvalue weighted by Gasteiger charge is -2.28. The van der Waals surface area contributed by atoms with Crippen LogP contribution in [0.1, 0.15) is 35.2 Å². The molecule has 4 aromatic carbocycles. The summed E-state index contributed by atoms with van der Waals surface area (Å²) in [4.78, 5) is 28.7. The number of anilines is 1. The summed E-state index contributed by atoms with van der Waals surface area (Å²) in [6.07, 6.45) is 0. The first-order valence-corrected chi connectivity index (χ1v) is 12.5. The molecular weight excluding hydrogens is 478 g/mol. The van der Waals surface area contributed by atoms with Gasteiger partial charge in [-0.15, -0.1) is 0 Å². The van der Waals surface area contributed by atoms with E-state index in [2.05, 4.69) is 0 Å². The molecule has 1 unspecified atom stereocenters. The molecule has 1 saturated heterocycles. The van der Waals surface area contributed by atoms with Crippen molar-refractivity contribution in [2.75, 3.05) is 18.6 Å². The van der Waals surface area contributed by atoms with E-state index in [1.165, 1.54) is 4.90 Å². The summed E-state index contributed by atoms with van der Waals surface area (Å²) < 4.78 is 11.3. The molecule has 1 aliphatic rings. The maximum atomic E-state index is 13.6. The van der Waals surface area contributed by atoms with Gasteiger partial charge in [-0.25, -0.2) is 0 Å². The second-order valence-corrected chi connectivity index (χ2v) is 9.29. The number of ether oxygens (including phenoxy) is 2. The molecule has 192 valence electrons. The van der Waals surface area contributed by atoms with Crippen LogP contribution in [0.25, 0.3) is 16.5 Å². The smallest absolute Gasteiger partial charge is 0.300 e. The molecule has 1 atom stereocenters. The van der Waals surface area contributed by atoms with Gasteiger partial charge in [0.15, 0.2) is 11.5 Å². The first-order chi connectivity index (χ1) is 18.3. The summed E-state index contributed by atoms with van der Waals surface area (Å²) >= 11 is 0. The van der Waals surface area contributed by atoms with E-state index in [0.717, 1.165) is 21.9 Å². The average molecular weight is 508 g/mol. The fourth-order valence-electron chi connectivity index (χ4n) is 5.02. The molecule has 1 amide bonds. The zero-order valence-electron chi connectivity index (χ0n) is 21.8. The molecule has 0 spiro atoms. The Morgan fingerprint density at radius 1 is 0.895 bits per heavy atom. The number of nitrogens with zero attached hydrogens (tertiary/aromatic N) is 1. The van der Waals surface area contributed by atoms with E-state index in [-0.39, 0.29) is 11.3 Å². The molecule has 1 aliphatic heterocycles. The number of hydrogen-bond acceptors (Lipinski definition) is 5. The molecule has 0 aliphatic carbocycles. The van der Waals surface area contributed by atoms with Crippen LogP contribution in [0.5, 0.6) is 11.5 Å². The van der Waals surface area contributed by atoms with Gasteiger partial charge in [0.2, 0.25) is 0 Å². The van der Waals surface area contributed by atoms with E-state index >= 15 is 0 Å². The number of hydrogen-bond donors (Lipinski definition) is 1. The molecule has 5 rings (SSSR count). The fourth-order valence-corrected chi connectivity index (χ4v) is 5.02. The van der Waals surface area contributed by atoms with Crippen LogP contribution < -0.4 is 14.4 Å². The second kappa shape index (κ2) is 10.1. The normalized spacial score (nSPS) is 16.7. The van der Waals surface area contributed by atoms with Gasteiger partial charge < -0.3 is 14.6 Å². The van der Waals surface area contributed by atoms with Crippen molar-refractivity contribution >= 4 is 33.9 Å². The number of aryl methyl sites for hydroxylation is 1. The van der Waals surface area contributed by atoms with E-state index in [9.17, 15) is 14.7 Å². The minimum absolute atomic E-state index is 0.0267. The Morgan fingerprint density at radius 2 is 1.66 bits per heavy atom. The number of ketones is 1. The van der Waals surface area contributed by atoms with Crippen molar-refractivity contribution in [2.45, 2.75) is 26.8 Å². The number of benzene rings is 4. The standard InChI is InChI=1S/C32H29NO5/c1-5-38-27-18-23(15-16-26(27)37-4)29-28(30(34)24-14-13-21-10-6-7-11-22(21)17-24)31(35)32(36)33(29)25-12-8-9-19(2)20(25)3/h6-18,29,34H,5H2,1-4H3/b30-28+. The third-order valence-electron chi connectivity index (χ3n) is 7.11. The number of fused-ring (bicyclic) bond motifs is 1. The van der Waals surface area contributed by atoms with Crippen molar-refractivity contribution in [3.05, 3.63) is 107 Å². The van der Waals surface area contributed by atoms with Gasteiger partial charge in [-0.1, -0.05) is 54.6 Å². The molecule has 0 bridgehead atoms. The minimum Gasteiger partial charge on any atom is -0.507 e. The molecule has 6 nitrogen and oxygen atoms in total. The van der Waals surface area contributed by atoms with Crippen LogP contribution in [0.4, 0.5) is 5.69 Å². The van der Waals surface area contributed by atoms with Gasteiger partial charge in [0.05, 0.1) is 25.3 Å². The number of carbonyl (C=O) groups excluding carboxylic acids is 2. The van der Waals surface area contributed by atoms with Crippen LogP contribution in [0.3, 0.4) is 0 Å². The highest BCUT2D eigenvalue weighted by Gasteiger charge is 2.47. The van der Waals surface area contributed by atoms with E-state index in [0.29, 0.717) is 34.9 Å². The Labute approximate surface area is 221 Å². The summed E-state index contributed by atoms with van der Waals surface area (Å²) in [6.45, 7) is 6.16. The Kier molecular flexibility index (Phi) is 6.64. The monoisotopic (exact) mass is 507 g/mol. The SMILES string of the molecule is CCOc1cc(C2/C(=C(\O)c3ccc4ccccc4c3)C(=O)C(=O)N2c2cccc(C)c2C)ccc1OC. The molecule has 1 fully saturated rings. The van der Waals surface area contributed by atoms with Gasteiger partial charge in [-0.3, -0.25) is 14.5 Å². The van der Waals surface area contributed by atoms with Crippen LogP contribution in [0.15, 0.2) is 84.4 Å². The second-order valence-electron chi connectivity index (χ2n) is 9.29. The number of Topliss-reactive ketones (excluding diaryl/α,β-unsaturated/α-hetero) is 1. The van der Waals surface area contributed by atoms with E-state index in [4.69, 9.17) is 9.47 Å².